The lowest BCUT2D eigenvalue weighted by molar-refractivity contribution is -0.384. The highest BCUT2D eigenvalue weighted by molar-refractivity contribution is 5.69. The number of piperidine rings is 1. The molecule has 0 saturated carbocycles. The summed E-state index contributed by atoms with van der Waals surface area (Å²) in [5.41, 5.74) is 0.762. The molecule has 10 heteroatoms. The normalized spacial score (nSPS) is 16.9. The van der Waals surface area contributed by atoms with Gasteiger partial charge in [-0.15, -0.1) is 0 Å². The molecule has 3 aromatic rings. The molecule has 0 spiro atoms. The van der Waals surface area contributed by atoms with Crippen LogP contribution in [0.15, 0.2) is 49.1 Å². The predicted octanol–water partition coefficient (Wildman–Crippen LogP) is 5.47. The number of hydrogen-bond donors (Lipinski definition) is 2. The van der Waals surface area contributed by atoms with Gasteiger partial charge in [-0.25, -0.2) is 14.4 Å². The molecule has 2 aromatic heterocycles. The third kappa shape index (κ3) is 5.05. The third-order valence-corrected chi connectivity index (χ3v) is 5.98. The van der Waals surface area contributed by atoms with Crippen molar-refractivity contribution in [2.75, 3.05) is 22.1 Å². The Labute approximate surface area is 191 Å². The van der Waals surface area contributed by atoms with Crippen molar-refractivity contribution in [2.45, 2.75) is 51.7 Å². The van der Waals surface area contributed by atoms with E-state index in [9.17, 15) is 14.5 Å². The van der Waals surface area contributed by atoms with Gasteiger partial charge in [-0.05, 0) is 56.9 Å². The van der Waals surface area contributed by atoms with E-state index in [1.807, 2.05) is 17.7 Å². The summed E-state index contributed by atoms with van der Waals surface area (Å²) in [7, 11) is 0. The molecular weight excluding hydrogens is 425 g/mol. The Kier molecular flexibility index (Phi) is 6.71. The summed E-state index contributed by atoms with van der Waals surface area (Å²) < 4.78 is 16.9. The van der Waals surface area contributed by atoms with Crippen LogP contribution < -0.4 is 15.5 Å². The molecule has 2 atom stereocenters. The molecule has 2 N–H and O–H groups in total. The predicted molar refractivity (Wildman–Crippen MR) is 126 cm³/mol. The van der Waals surface area contributed by atoms with Crippen LogP contribution in [0.25, 0.3) is 0 Å². The first-order valence-electron chi connectivity index (χ1n) is 11.2. The van der Waals surface area contributed by atoms with Crippen LogP contribution in [0.4, 0.5) is 33.1 Å². The van der Waals surface area contributed by atoms with Crippen LogP contribution in [0, 0.1) is 15.9 Å². The lowest BCUT2D eigenvalue weighted by Crippen LogP contribution is -2.37. The molecule has 9 nitrogen and oxygen atoms in total. The Morgan fingerprint density at radius 1 is 1.30 bits per heavy atom. The van der Waals surface area contributed by atoms with Gasteiger partial charge in [-0.1, -0.05) is 6.92 Å². The van der Waals surface area contributed by atoms with Crippen molar-refractivity contribution >= 4 is 28.7 Å². The van der Waals surface area contributed by atoms with Crippen molar-refractivity contribution in [1.29, 1.82) is 0 Å². The van der Waals surface area contributed by atoms with Gasteiger partial charge in [0.25, 0.3) is 0 Å². The second kappa shape index (κ2) is 9.85. The number of nitrogens with zero attached hydrogens (tertiary/aromatic N) is 5. The molecule has 174 valence electrons. The summed E-state index contributed by atoms with van der Waals surface area (Å²) in [4.78, 5) is 21.6. The van der Waals surface area contributed by atoms with Gasteiger partial charge in [-0.2, -0.15) is 0 Å². The number of hydrogen-bond acceptors (Lipinski definition) is 7. The maximum atomic E-state index is 15.0. The molecule has 1 aromatic carbocycles. The lowest BCUT2D eigenvalue weighted by Gasteiger charge is -2.35. The van der Waals surface area contributed by atoms with Crippen LogP contribution in [0.2, 0.25) is 0 Å². The topological polar surface area (TPSA) is 101 Å². The Balaban J connectivity index is 1.58. The summed E-state index contributed by atoms with van der Waals surface area (Å²) in [6.45, 7) is 4.93. The van der Waals surface area contributed by atoms with Gasteiger partial charge in [0.05, 0.1) is 16.9 Å². The lowest BCUT2D eigenvalue weighted by atomic mass is 10.0. The SMILES string of the molecule is CCC(Nc1ccc([N+](=O)[O-])c(Nc2ccc(N3CCCCC3C)c(F)c2)n1)n1ccnc1. The molecule has 1 saturated heterocycles. The quantitative estimate of drug-likeness (QED) is 0.344. The number of nitrogens with one attached hydrogen (secondary N) is 2. The monoisotopic (exact) mass is 453 g/mol. The second-order valence-corrected chi connectivity index (χ2v) is 8.23. The van der Waals surface area contributed by atoms with Gasteiger partial charge in [0.2, 0.25) is 5.82 Å². The summed E-state index contributed by atoms with van der Waals surface area (Å²) in [6.07, 6.45) is 9.07. The van der Waals surface area contributed by atoms with Crippen LogP contribution in [-0.4, -0.2) is 32.0 Å². The van der Waals surface area contributed by atoms with Gasteiger partial charge < -0.3 is 20.1 Å². The van der Waals surface area contributed by atoms with E-state index in [0.29, 0.717) is 17.2 Å². The largest absolute Gasteiger partial charge is 0.366 e. The van der Waals surface area contributed by atoms with Crippen LogP contribution in [-0.2, 0) is 0 Å². The molecule has 1 fully saturated rings. The van der Waals surface area contributed by atoms with E-state index in [1.165, 1.54) is 12.1 Å². The van der Waals surface area contributed by atoms with Crippen LogP contribution in [0.5, 0.6) is 0 Å². The second-order valence-electron chi connectivity index (χ2n) is 8.23. The number of rotatable bonds is 8. The zero-order chi connectivity index (χ0) is 23.4. The van der Waals surface area contributed by atoms with Crippen LogP contribution >= 0.6 is 0 Å². The third-order valence-electron chi connectivity index (χ3n) is 5.98. The Morgan fingerprint density at radius 3 is 2.82 bits per heavy atom. The Bertz CT molecular complexity index is 1110. The van der Waals surface area contributed by atoms with Crippen LogP contribution in [0.3, 0.4) is 0 Å². The molecule has 0 aliphatic carbocycles. The summed E-state index contributed by atoms with van der Waals surface area (Å²) in [5.74, 6) is 0.142. The first-order valence-corrected chi connectivity index (χ1v) is 11.2. The highest BCUT2D eigenvalue weighted by Crippen LogP contribution is 2.32. The van der Waals surface area contributed by atoms with E-state index in [2.05, 4.69) is 32.4 Å². The highest BCUT2D eigenvalue weighted by Gasteiger charge is 2.22. The summed E-state index contributed by atoms with van der Waals surface area (Å²) >= 11 is 0. The minimum Gasteiger partial charge on any atom is -0.366 e. The van der Waals surface area contributed by atoms with Gasteiger partial charge in [0.1, 0.15) is 17.8 Å². The highest BCUT2D eigenvalue weighted by atomic mass is 19.1. The van der Waals surface area contributed by atoms with Crippen molar-refractivity contribution < 1.29 is 9.31 Å². The molecule has 2 unspecified atom stereocenters. The Morgan fingerprint density at radius 2 is 2.15 bits per heavy atom. The van der Waals surface area contributed by atoms with Crippen molar-refractivity contribution in [3.63, 3.8) is 0 Å². The molecule has 4 rings (SSSR count). The first-order chi connectivity index (χ1) is 16.0. The molecule has 33 heavy (non-hydrogen) atoms. The molecular formula is C23H28FN7O2. The summed E-state index contributed by atoms with van der Waals surface area (Å²) in [5, 5.41) is 17.8. The van der Waals surface area contributed by atoms with Gasteiger partial charge in [0, 0.05) is 36.7 Å². The van der Waals surface area contributed by atoms with Crippen molar-refractivity contribution in [3.8, 4) is 0 Å². The van der Waals surface area contributed by atoms with Crippen LogP contribution in [0.1, 0.15) is 45.7 Å². The molecule has 0 bridgehead atoms. The fraction of sp³-hybridized carbons (Fsp3) is 0.391. The average Bonchev–Trinajstić information content (AvgIpc) is 3.33. The van der Waals surface area contributed by atoms with Crippen molar-refractivity contribution in [3.05, 3.63) is 65.0 Å². The molecule has 1 aliphatic heterocycles. The van der Waals surface area contributed by atoms with Crippen molar-refractivity contribution in [2.24, 2.45) is 0 Å². The zero-order valence-electron chi connectivity index (χ0n) is 18.7. The number of halogens is 1. The van der Waals surface area contributed by atoms with E-state index in [1.54, 1.807) is 30.7 Å². The molecule has 0 radical (unpaired) electrons. The number of pyridine rings is 1. The van der Waals surface area contributed by atoms with E-state index in [4.69, 9.17) is 0 Å². The molecule has 3 heterocycles. The number of imidazole rings is 1. The number of aromatic nitrogens is 3. The van der Waals surface area contributed by atoms with Gasteiger partial charge in [-0.3, -0.25) is 10.1 Å². The van der Waals surface area contributed by atoms with Gasteiger partial charge >= 0.3 is 5.69 Å². The minimum atomic E-state index is -0.508. The number of benzene rings is 1. The van der Waals surface area contributed by atoms with E-state index in [0.717, 1.165) is 32.2 Å². The maximum Gasteiger partial charge on any atom is 0.311 e. The zero-order valence-corrected chi connectivity index (χ0v) is 18.7. The average molecular weight is 454 g/mol. The summed E-state index contributed by atoms with van der Waals surface area (Å²) in [6, 6.07) is 8.04. The number of nitro groups is 1. The fourth-order valence-electron chi connectivity index (χ4n) is 4.19. The smallest absolute Gasteiger partial charge is 0.311 e. The van der Waals surface area contributed by atoms with E-state index in [-0.39, 0.29) is 29.5 Å². The van der Waals surface area contributed by atoms with Gasteiger partial charge in [0.15, 0.2) is 0 Å². The first kappa shape index (κ1) is 22.5. The van der Waals surface area contributed by atoms with E-state index >= 15 is 0 Å². The van der Waals surface area contributed by atoms with E-state index < -0.39 is 4.92 Å². The minimum absolute atomic E-state index is 0.0453. The fourth-order valence-corrected chi connectivity index (χ4v) is 4.19. The number of anilines is 4. The maximum absolute atomic E-state index is 15.0. The van der Waals surface area contributed by atoms with Crippen molar-refractivity contribution in [1.82, 2.24) is 14.5 Å². The standard InChI is InChI=1S/C23H28FN7O2/c1-3-22(29-13-11-25-15-29)27-21-10-9-20(31(32)33)23(28-21)26-17-7-8-19(18(24)14-17)30-12-5-4-6-16(30)2/h7-11,13-16,22H,3-6,12H2,1-2H3,(H2,26,27,28). The Hall–Kier alpha value is -3.69. The molecule has 0 amide bonds. The molecule has 1 aliphatic rings.